The van der Waals surface area contributed by atoms with Crippen LogP contribution in [-0.2, 0) is 11.4 Å². The number of hydrogen-bond donors (Lipinski definition) is 1. The zero-order chi connectivity index (χ0) is 25.0. The van der Waals surface area contributed by atoms with Crippen molar-refractivity contribution in [1.82, 2.24) is 14.5 Å². The van der Waals surface area contributed by atoms with Crippen LogP contribution in [-0.4, -0.2) is 64.4 Å². The van der Waals surface area contributed by atoms with Gasteiger partial charge >= 0.3 is 6.03 Å². The van der Waals surface area contributed by atoms with Gasteiger partial charge in [0.15, 0.2) is 3.95 Å². The van der Waals surface area contributed by atoms with E-state index in [1.807, 2.05) is 42.7 Å². The molecule has 0 spiro atoms. The Morgan fingerprint density at radius 3 is 2.74 bits per heavy atom. The van der Waals surface area contributed by atoms with Crippen molar-refractivity contribution < 1.29 is 19.5 Å². The molecule has 35 heavy (non-hydrogen) atoms. The third kappa shape index (κ3) is 4.11. The van der Waals surface area contributed by atoms with E-state index < -0.39 is 6.10 Å². The summed E-state index contributed by atoms with van der Waals surface area (Å²) in [5.41, 5.74) is 2.53. The van der Waals surface area contributed by atoms with E-state index in [1.54, 1.807) is 11.9 Å². The topological polar surface area (TPSA) is 78.2 Å². The van der Waals surface area contributed by atoms with Crippen LogP contribution in [0, 0.1) is 9.87 Å². The Labute approximate surface area is 216 Å². The average molecular weight is 531 g/mol. The number of aliphatic hydroxyl groups excluding tert-OH is 1. The summed E-state index contributed by atoms with van der Waals surface area (Å²) in [5, 5.41) is 11.9. The largest absolute Gasteiger partial charge is 0.389 e. The minimum Gasteiger partial charge on any atom is -0.389 e. The van der Waals surface area contributed by atoms with E-state index in [0.29, 0.717) is 38.9 Å². The molecule has 5 rings (SSSR count). The second-order valence-electron chi connectivity index (χ2n) is 9.11. The summed E-state index contributed by atoms with van der Waals surface area (Å²) < 4.78 is 3.79. The van der Waals surface area contributed by atoms with Gasteiger partial charge < -0.3 is 9.67 Å². The van der Waals surface area contributed by atoms with E-state index in [4.69, 9.17) is 17.1 Å². The van der Waals surface area contributed by atoms with Crippen LogP contribution in [0.3, 0.4) is 0 Å². The quantitative estimate of drug-likeness (QED) is 0.480. The van der Waals surface area contributed by atoms with Crippen LogP contribution < -0.4 is 4.90 Å². The first kappa shape index (κ1) is 24.1. The van der Waals surface area contributed by atoms with Crippen LogP contribution >= 0.6 is 34.9 Å². The molecule has 1 fully saturated rings. The fourth-order valence-corrected chi connectivity index (χ4v) is 7.01. The maximum atomic E-state index is 13.8. The van der Waals surface area contributed by atoms with Crippen molar-refractivity contribution >= 4 is 67.7 Å². The maximum absolute atomic E-state index is 13.8. The molecule has 8 nitrogen and oxygen atoms in total. The molecule has 4 heterocycles. The predicted molar refractivity (Wildman–Crippen MR) is 141 cm³/mol. The number of carbonyl (C=O) groups excluding carboxylic acids is 2. The van der Waals surface area contributed by atoms with Crippen LogP contribution in [0.2, 0.25) is 0 Å². The minimum atomic E-state index is -0.740. The lowest BCUT2D eigenvalue weighted by Crippen LogP contribution is -2.45. The fourth-order valence-electron chi connectivity index (χ4n) is 4.38. The Hall–Kier alpha value is -2.57. The Balaban J connectivity index is 1.70. The highest BCUT2D eigenvalue weighted by atomic mass is 32.1. The molecule has 184 valence electrons. The van der Waals surface area contributed by atoms with Gasteiger partial charge in [0.2, 0.25) is 0 Å². The number of para-hydroxylation sites is 1. The molecule has 1 unspecified atom stereocenters. The molecule has 1 N–H and O–H groups in total. The summed E-state index contributed by atoms with van der Waals surface area (Å²) in [6.45, 7) is 9.29. The highest BCUT2D eigenvalue weighted by molar-refractivity contribution is 7.73. The number of amides is 3. The van der Waals surface area contributed by atoms with Crippen LogP contribution in [0.1, 0.15) is 34.6 Å². The van der Waals surface area contributed by atoms with E-state index >= 15 is 0 Å². The number of fused-ring (bicyclic) bond motifs is 2. The number of aliphatic hydroxyl groups is 1. The van der Waals surface area contributed by atoms with Crippen molar-refractivity contribution in [3.63, 3.8) is 0 Å². The summed E-state index contributed by atoms with van der Waals surface area (Å²) in [7, 11) is 1.67. The van der Waals surface area contributed by atoms with Crippen molar-refractivity contribution in [3.8, 4) is 0 Å². The number of urea groups is 1. The highest BCUT2D eigenvalue weighted by Crippen LogP contribution is 2.46. The third-order valence-electron chi connectivity index (χ3n) is 6.08. The zero-order valence-electron chi connectivity index (χ0n) is 19.7. The molecule has 0 radical (unpaired) electrons. The molecule has 2 aliphatic heterocycles. The molecule has 0 bridgehead atoms. The molecule has 3 aromatic rings. The number of hydroxylamine groups is 2. The molecule has 0 aliphatic carbocycles. The predicted octanol–water partition coefficient (Wildman–Crippen LogP) is 4.79. The molecule has 2 aromatic heterocycles. The zero-order valence-corrected chi connectivity index (χ0v) is 22.1. The lowest BCUT2D eigenvalue weighted by molar-refractivity contribution is -0.0780. The number of nitrogens with zero attached hydrogens (tertiary/aromatic N) is 4. The number of β-amino-alcohol motifs (C(OH)–C–C–N with tert-alkyl or cyclic N) is 1. The number of carbonyl (C=O) groups is 2. The Kier molecular flexibility index (Phi) is 6.30. The van der Waals surface area contributed by atoms with E-state index in [9.17, 15) is 14.7 Å². The maximum Gasteiger partial charge on any atom is 0.329 e. The number of thiophene rings is 1. The lowest BCUT2D eigenvalue weighted by atomic mass is 10.0. The standard InChI is InChI=1S/C24H26N4O4S3/c1-13(2)9-27-22-19(14(3)25(4)23(27)31)20(21(30)28-10-15(29)12-32-28)18(34-22)11-26-16-7-5-6-8-17(16)35-24(26)33/h5-8,13,15,29H,3,9-12H2,1-2,4H3. The molecular formula is C24H26N4O4S3. The Bertz CT molecular complexity index is 1410. The normalized spacial score (nSPS) is 18.3. The van der Waals surface area contributed by atoms with Gasteiger partial charge in [-0.25, -0.2) is 9.86 Å². The molecule has 0 saturated carbocycles. The SMILES string of the molecule is C=C1c2c(sc(Cn3c(=S)sc4ccccc43)c2C(=O)N2CC(O)CO2)N(CC(C)C)C(=O)N1C. The number of thiazole rings is 1. The molecule has 3 amide bonds. The third-order valence-corrected chi connectivity index (χ3v) is 8.71. The summed E-state index contributed by atoms with van der Waals surface area (Å²) in [6.07, 6.45) is -0.740. The monoisotopic (exact) mass is 530 g/mol. The van der Waals surface area contributed by atoms with Gasteiger partial charge in [0.1, 0.15) is 17.7 Å². The number of benzene rings is 1. The second kappa shape index (κ2) is 9.14. The van der Waals surface area contributed by atoms with E-state index in [0.717, 1.165) is 15.1 Å². The Morgan fingerprint density at radius 1 is 1.31 bits per heavy atom. The lowest BCUT2D eigenvalue weighted by Gasteiger charge is -2.35. The molecule has 1 aromatic carbocycles. The Morgan fingerprint density at radius 2 is 2.06 bits per heavy atom. The van der Waals surface area contributed by atoms with Gasteiger partial charge in [-0.15, -0.1) is 22.7 Å². The van der Waals surface area contributed by atoms with Crippen LogP contribution in [0.5, 0.6) is 0 Å². The van der Waals surface area contributed by atoms with Gasteiger partial charge in [-0.05, 0) is 30.3 Å². The molecule has 1 saturated heterocycles. The van der Waals surface area contributed by atoms with Gasteiger partial charge in [0.25, 0.3) is 5.91 Å². The summed E-state index contributed by atoms with van der Waals surface area (Å²) >= 11 is 8.61. The highest BCUT2D eigenvalue weighted by Gasteiger charge is 2.40. The van der Waals surface area contributed by atoms with Crippen molar-refractivity contribution in [1.29, 1.82) is 0 Å². The van der Waals surface area contributed by atoms with E-state index in [2.05, 4.69) is 6.58 Å². The summed E-state index contributed by atoms with van der Waals surface area (Å²) in [4.78, 5) is 36.5. The van der Waals surface area contributed by atoms with Crippen molar-refractivity contribution in [3.05, 3.63) is 50.8 Å². The molecule has 2 aliphatic rings. The molecule has 1 atom stereocenters. The molecular weight excluding hydrogens is 504 g/mol. The number of anilines is 1. The van der Waals surface area contributed by atoms with E-state index in [1.165, 1.54) is 32.6 Å². The van der Waals surface area contributed by atoms with Crippen molar-refractivity contribution in [2.75, 3.05) is 31.6 Å². The summed E-state index contributed by atoms with van der Waals surface area (Å²) in [6, 6.07) is 7.80. The smallest absolute Gasteiger partial charge is 0.329 e. The first-order chi connectivity index (χ1) is 16.7. The molecule has 11 heteroatoms. The van der Waals surface area contributed by atoms with Gasteiger partial charge in [-0.3, -0.25) is 19.4 Å². The fraction of sp³-hybridized carbons (Fsp3) is 0.375. The first-order valence-electron chi connectivity index (χ1n) is 11.3. The minimum absolute atomic E-state index is 0.0619. The number of hydrogen-bond acceptors (Lipinski definition) is 7. The number of aromatic nitrogens is 1. The van der Waals surface area contributed by atoms with Crippen molar-refractivity contribution in [2.24, 2.45) is 5.92 Å². The second-order valence-corrected chi connectivity index (χ2v) is 11.9. The van der Waals surface area contributed by atoms with Gasteiger partial charge in [-0.2, -0.15) is 0 Å². The van der Waals surface area contributed by atoms with E-state index in [-0.39, 0.29) is 31.0 Å². The van der Waals surface area contributed by atoms with Crippen molar-refractivity contribution in [2.45, 2.75) is 26.5 Å². The van der Waals surface area contributed by atoms with Gasteiger partial charge in [0.05, 0.1) is 28.9 Å². The van der Waals surface area contributed by atoms with Gasteiger partial charge in [-0.1, -0.05) is 32.6 Å². The van der Waals surface area contributed by atoms with Gasteiger partial charge in [0, 0.05) is 29.7 Å². The average Bonchev–Trinajstić information content (AvgIpc) is 3.50. The van der Waals surface area contributed by atoms with Crippen LogP contribution in [0.4, 0.5) is 9.80 Å². The van der Waals surface area contributed by atoms with Crippen LogP contribution in [0.25, 0.3) is 15.9 Å². The van der Waals surface area contributed by atoms with Crippen LogP contribution in [0.15, 0.2) is 30.8 Å². The number of rotatable bonds is 5. The summed E-state index contributed by atoms with van der Waals surface area (Å²) in [5.74, 6) is -0.128. The first-order valence-corrected chi connectivity index (χ1v) is 13.3.